The summed E-state index contributed by atoms with van der Waals surface area (Å²) in [7, 11) is -0.471. The maximum atomic E-state index is 9.41. The zero-order valence-electron chi connectivity index (χ0n) is 6.23. The number of rotatable bonds is 3. The Labute approximate surface area is 66.8 Å². The van der Waals surface area contributed by atoms with Gasteiger partial charge in [-0.05, 0) is 6.92 Å². The van der Waals surface area contributed by atoms with E-state index in [1.54, 1.807) is 30.2 Å². The predicted molar refractivity (Wildman–Crippen MR) is 43.4 cm³/mol. The number of nitrogens with zero attached hydrogens (tertiary/aromatic N) is 2. The molecule has 4 nitrogen and oxygen atoms in total. The average molecular weight is 174 g/mol. The van der Waals surface area contributed by atoms with Gasteiger partial charge in [-0.1, -0.05) is 0 Å². The van der Waals surface area contributed by atoms with Gasteiger partial charge in [0.2, 0.25) is 0 Å². The molecular weight excluding hydrogens is 163 g/mol. The summed E-state index contributed by atoms with van der Waals surface area (Å²) >= 11 is 0. The van der Waals surface area contributed by atoms with Crippen molar-refractivity contribution in [2.24, 2.45) is 0 Å². The Balaban J connectivity index is 2.56. The summed E-state index contributed by atoms with van der Waals surface area (Å²) in [6.45, 7) is 1.97. The van der Waals surface area contributed by atoms with Crippen LogP contribution in [0.4, 0.5) is 0 Å². The highest BCUT2D eigenvalue weighted by atomic mass is 31.1. The first kappa shape index (κ1) is 8.65. The molecule has 0 radical (unpaired) electrons. The summed E-state index contributed by atoms with van der Waals surface area (Å²) in [5.41, 5.74) is 0. The quantitative estimate of drug-likeness (QED) is 0.642. The van der Waals surface area contributed by atoms with Gasteiger partial charge in [0.05, 0.1) is 12.9 Å². The SMILES string of the molecule is CC(O)(Cn1ccnc1)PO. The van der Waals surface area contributed by atoms with E-state index < -0.39 is 14.1 Å². The number of imidazole rings is 1. The molecule has 0 fully saturated rings. The van der Waals surface area contributed by atoms with Crippen LogP contribution in [0.25, 0.3) is 0 Å². The Morgan fingerprint density at radius 3 is 2.91 bits per heavy atom. The van der Waals surface area contributed by atoms with E-state index in [0.29, 0.717) is 6.54 Å². The third-order valence-corrected chi connectivity index (χ3v) is 1.93. The Hall–Kier alpha value is -0.440. The number of aromatic nitrogens is 2. The molecule has 0 aromatic carbocycles. The van der Waals surface area contributed by atoms with Crippen molar-refractivity contribution in [3.05, 3.63) is 18.7 Å². The van der Waals surface area contributed by atoms with Crippen molar-refractivity contribution < 1.29 is 10.00 Å². The molecule has 1 heterocycles. The van der Waals surface area contributed by atoms with Gasteiger partial charge >= 0.3 is 0 Å². The van der Waals surface area contributed by atoms with Gasteiger partial charge in [-0.15, -0.1) is 0 Å². The Morgan fingerprint density at radius 2 is 2.45 bits per heavy atom. The molecule has 5 heteroatoms. The molecule has 0 amide bonds. The van der Waals surface area contributed by atoms with Crippen molar-refractivity contribution in [2.45, 2.75) is 18.8 Å². The van der Waals surface area contributed by atoms with Crippen LogP contribution in [0.1, 0.15) is 6.92 Å². The van der Waals surface area contributed by atoms with Gasteiger partial charge in [-0.3, -0.25) is 0 Å². The van der Waals surface area contributed by atoms with Gasteiger partial charge < -0.3 is 14.6 Å². The normalized spacial score (nSPS) is 17.4. The molecule has 0 saturated heterocycles. The Kier molecular flexibility index (Phi) is 2.60. The van der Waals surface area contributed by atoms with Gasteiger partial charge in [0.1, 0.15) is 5.34 Å². The summed E-state index contributed by atoms with van der Waals surface area (Å²) < 4.78 is 1.73. The highest BCUT2D eigenvalue weighted by molar-refractivity contribution is 7.32. The molecule has 1 rings (SSSR count). The van der Waals surface area contributed by atoms with Crippen LogP contribution in [0.15, 0.2) is 18.7 Å². The highest BCUT2D eigenvalue weighted by Gasteiger charge is 2.19. The van der Waals surface area contributed by atoms with E-state index in [4.69, 9.17) is 4.89 Å². The second-order valence-corrected chi connectivity index (χ2v) is 3.92. The lowest BCUT2D eigenvalue weighted by atomic mass is 10.4. The molecule has 2 N–H and O–H groups in total. The van der Waals surface area contributed by atoms with Gasteiger partial charge in [-0.2, -0.15) is 0 Å². The van der Waals surface area contributed by atoms with E-state index in [9.17, 15) is 5.11 Å². The van der Waals surface area contributed by atoms with Crippen molar-refractivity contribution in [3.63, 3.8) is 0 Å². The maximum absolute atomic E-state index is 9.41. The molecule has 0 aliphatic carbocycles. The molecule has 0 saturated carbocycles. The van der Waals surface area contributed by atoms with Crippen LogP contribution < -0.4 is 0 Å². The highest BCUT2D eigenvalue weighted by Crippen LogP contribution is 2.25. The van der Waals surface area contributed by atoms with Crippen LogP contribution in [0.2, 0.25) is 0 Å². The van der Waals surface area contributed by atoms with Crippen molar-refractivity contribution in [1.82, 2.24) is 9.55 Å². The first-order valence-electron chi connectivity index (χ1n) is 3.23. The molecule has 0 aliphatic rings. The van der Waals surface area contributed by atoms with Crippen LogP contribution in [0.5, 0.6) is 0 Å². The Bertz CT molecular complexity index is 210. The lowest BCUT2D eigenvalue weighted by Gasteiger charge is -2.19. The van der Waals surface area contributed by atoms with Crippen LogP contribution >= 0.6 is 8.81 Å². The maximum Gasteiger partial charge on any atom is 0.120 e. The molecular formula is C6H11N2O2P. The summed E-state index contributed by atoms with van der Waals surface area (Å²) in [4.78, 5) is 12.6. The standard InChI is InChI=1S/C6H11N2O2P/c1-6(9,11-10)4-8-3-2-7-5-8/h2-3,5,9-11H,4H2,1H3. The number of hydrogen-bond acceptors (Lipinski definition) is 3. The third kappa shape index (κ3) is 2.58. The van der Waals surface area contributed by atoms with E-state index >= 15 is 0 Å². The fourth-order valence-corrected chi connectivity index (χ4v) is 1.02. The van der Waals surface area contributed by atoms with Crippen molar-refractivity contribution in [3.8, 4) is 0 Å². The summed E-state index contributed by atoms with van der Waals surface area (Å²) in [5, 5.41) is 8.38. The molecule has 2 unspecified atom stereocenters. The fraction of sp³-hybridized carbons (Fsp3) is 0.500. The Morgan fingerprint density at radius 1 is 1.73 bits per heavy atom. The zero-order chi connectivity index (χ0) is 8.32. The molecule has 0 bridgehead atoms. The summed E-state index contributed by atoms with van der Waals surface area (Å²) in [5.74, 6) is 0. The monoisotopic (exact) mass is 174 g/mol. The summed E-state index contributed by atoms with van der Waals surface area (Å²) in [6, 6.07) is 0. The van der Waals surface area contributed by atoms with Crippen LogP contribution in [-0.2, 0) is 6.54 Å². The smallest absolute Gasteiger partial charge is 0.120 e. The van der Waals surface area contributed by atoms with Crippen molar-refractivity contribution in [2.75, 3.05) is 0 Å². The minimum atomic E-state index is -1.03. The predicted octanol–water partition coefficient (Wildman–Crippen LogP) is 0.177. The molecule has 2 atom stereocenters. The largest absolute Gasteiger partial charge is 0.382 e. The number of aliphatic hydroxyl groups is 1. The van der Waals surface area contributed by atoms with Crippen LogP contribution in [-0.4, -0.2) is 24.9 Å². The van der Waals surface area contributed by atoms with E-state index in [-0.39, 0.29) is 0 Å². The average Bonchev–Trinajstić information content (AvgIpc) is 2.39. The minimum Gasteiger partial charge on any atom is -0.382 e. The van der Waals surface area contributed by atoms with Gasteiger partial charge in [0.15, 0.2) is 0 Å². The van der Waals surface area contributed by atoms with Crippen molar-refractivity contribution >= 4 is 8.81 Å². The topological polar surface area (TPSA) is 58.3 Å². The van der Waals surface area contributed by atoms with E-state index in [1.165, 1.54) is 0 Å². The lowest BCUT2D eigenvalue weighted by molar-refractivity contribution is 0.125. The van der Waals surface area contributed by atoms with Crippen molar-refractivity contribution in [1.29, 1.82) is 0 Å². The van der Waals surface area contributed by atoms with E-state index in [2.05, 4.69) is 4.98 Å². The van der Waals surface area contributed by atoms with Gasteiger partial charge in [0, 0.05) is 21.2 Å². The third-order valence-electron chi connectivity index (χ3n) is 1.29. The molecule has 0 spiro atoms. The molecule has 1 aromatic rings. The van der Waals surface area contributed by atoms with Gasteiger partial charge in [-0.25, -0.2) is 4.98 Å². The zero-order valence-corrected chi connectivity index (χ0v) is 7.23. The molecule has 0 aliphatic heterocycles. The van der Waals surface area contributed by atoms with Crippen LogP contribution in [0, 0.1) is 0 Å². The molecule has 11 heavy (non-hydrogen) atoms. The number of hydrogen-bond donors (Lipinski definition) is 2. The van der Waals surface area contributed by atoms with E-state index in [0.717, 1.165) is 0 Å². The molecule has 62 valence electrons. The minimum absolute atomic E-state index is 0.377. The van der Waals surface area contributed by atoms with Gasteiger partial charge in [0.25, 0.3) is 0 Å². The summed E-state index contributed by atoms with van der Waals surface area (Å²) in [6.07, 6.45) is 4.99. The van der Waals surface area contributed by atoms with E-state index in [1.807, 2.05) is 0 Å². The van der Waals surface area contributed by atoms with Crippen LogP contribution in [0.3, 0.4) is 0 Å². The fourth-order valence-electron chi connectivity index (χ4n) is 0.771. The first-order chi connectivity index (χ1) is 5.14. The first-order valence-corrected chi connectivity index (χ1v) is 4.18. The second kappa shape index (κ2) is 3.30. The lowest BCUT2D eigenvalue weighted by Crippen LogP contribution is -2.23. The second-order valence-electron chi connectivity index (χ2n) is 2.62. The molecule has 1 aromatic heterocycles.